The Balaban J connectivity index is 2.09. The van der Waals surface area contributed by atoms with Crippen molar-refractivity contribution in [3.05, 3.63) is 61.6 Å². The van der Waals surface area contributed by atoms with Crippen molar-refractivity contribution in [2.75, 3.05) is 0 Å². The summed E-state index contributed by atoms with van der Waals surface area (Å²) >= 11 is 7.15. The van der Waals surface area contributed by atoms with Gasteiger partial charge in [-0.1, -0.05) is 12.1 Å². The van der Waals surface area contributed by atoms with Crippen molar-refractivity contribution in [3.63, 3.8) is 0 Å². The van der Waals surface area contributed by atoms with E-state index in [0.29, 0.717) is 10.0 Å². The molecule has 0 aliphatic heterocycles. The van der Waals surface area contributed by atoms with Crippen LogP contribution < -0.4 is 0 Å². The SMILES string of the molecule is O=C(O)c1cc(SCc2ccc(I)cc2)ccc1Br. The van der Waals surface area contributed by atoms with E-state index in [0.717, 1.165) is 10.6 Å². The summed E-state index contributed by atoms with van der Waals surface area (Å²) in [4.78, 5) is 12.0. The Morgan fingerprint density at radius 3 is 2.53 bits per heavy atom. The van der Waals surface area contributed by atoms with Crippen LogP contribution >= 0.6 is 50.3 Å². The average molecular weight is 449 g/mol. The number of hydrogen-bond acceptors (Lipinski definition) is 2. The van der Waals surface area contributed by atoms with Crippen molar-refractivity contribution in [1.29, 1.82) is 0 Å². The van der Waals surface area contributed by atoms with Gasteiger partial charge in [0.05, 0.1) is 5.56 Å². The van der Waals surface area contributed by atoms with E-state index in [1.807, 2.05) is 6.07 Å². The predicted octanol–water partition coefficient (Wildman–Crippen LogP) is 5.04. The number of halogens is 2. The minimum absolute atomic E-state index is 0.299. The van der Waals surface area contributed by atoms with Gasteiger partial charge >= 0.3 is 5.97 Å². The normalized spacial score (nSPS) is 10.4. The molecule has 0 amide bonds. The van der Waals surface area contributed by atoms with Crippen molar-refractivity contribution in [3.8, 4) is 0 Å². The molecule has 0 aromatic heterocycles. The van der Waals surface area contributed by atoms with Gasteiger partial charge in [0, 0.05) is 18.7 Å². The molecule has 1 N–H and O–H groups in total. The molecule has 19 heavy (non-hydrogen) atoms. The molecule has 0 atom stereocenters. The molecule has 0 aliphatic carbocycles. The summed E-state index contributed by atoms with van der Waals surface area (Å²) in [5.41, 5.74) is 1.53. The molecule has 0 aliphatic rings. The molecule has 0 saturated heterocycles. The van der Waals surface area contributed by atoms with E-state index >= 15 is 0 Å². The number of carboxylic acids is 1. The molecule has 0 fully saturated rings. The number of hydrogen-bond donors (Lipinski definition) is 1. The van der Waals surface area contributed by atoms with Crippen LogP contribution in [0.1, 0.15) is 15.9 Å². The zero-order chi connectivity index (χ0) is 13.8. The highest BCUT2D eigenvalue weighted by molar-refractivity contribution is 14.1. The minimum atomic E-state index is -0.913. The zero-order valence-electron chi connectivity index (χ0n) is 9.77. The number of aromatic carboxylic acids is 1. The Hall–Kier alpha value is -0.530. The van der Waals surface area contributed by atoms with Crippen LogP contribution in [-0.2, 0) is 5.75 Å². The van der Waals surface area contributed by atoms with Crippen LogP contribution in [0.2, 0.25) is 0 Å². The Bertz CT molecular complexity index is 599. The number of carboxylic acid groups (broad SMARTS) is 1. The van der Waals surface area contributed by atoms with E-state index in [9.17, 15) is 4.79 Å². The number of thioether (sulfide) groups is 1. The summed E-state index contributed by atoms with van der Waals surface area (Å²) in [7, 11) is 0. The molecule has 2 nitrogen and oxygen atoms in total. The van der Waals surface area contributed by atoms with Gasteiger partial charge in [-0.15, -0.1) is 11.8 Å². The summed E-state index contributed by atoms with van der Waals surface area (Å²) < 4.78 is 1.82. The van der Waals surface area contributed by atoms with Gasteiger partial charge in [0.25, 0.3) is 0 Å². The van der Waals surface area contributed by atoms with Gasteiger partial charge in [-0.2, -0.15) is 0 Å². The van der Waals surface area contributed by atoms with Crippen LogP contribution in [0.5, 0.6) is 0 Å². The second kappa shape index (κ2) is 6.76. The van der Waals surface area contributed by atoms with Gasteiger partial charge in [0.1, 0.15) is 0 Å². The van der Waals surface area contributed by atoms with E-state index in [2.05, 4.69) is 62.8 Å². The molecule has 0 unspecified atom stereocenters. The van der Waals surface area contributed by atoms with Crippen molar-refractivity contribution in [1.82, 2.24) is 0 Å². The monoisotopic (exact) mass is 448 g/mol. The van der Waals surface area contributed by atoms with E-state index < -0.39 is 5.97 Å². The maximum absolute atomic E-state index is 11.0. The highest BCUT2D eigenvalue weighted by Gasteiger charge is 2.09. The van der Waals surface area contributed by atoms with Crippen molar-refractivity contribution in [2.24, 2.45) is 0 Å². The third-order valence-corrected chi connectivity index (χ3v) is 4.96. The van der Waals surface area contributed by atoms with Crippen molar-refractivity contribution < 1.29 is 9.90 Å². The Kier molecular flexibility index (Phi) is 5.29. The lowest BCUT2D eigenvalue weighted by Gasteiger charge is -2.05. The molecule has 0 bridgehead atoms. The third-order valence-electron chi connectivity index (χ3n) is 2.49. The Morgan fingerprint density at radius 1 is 1.21 bits per heavy atom. The maximum atomic E-state index is 11.0. The summed E-state index contributed by atoms with van der Waals surface area (Å²) in [6.45, 7) is 0. The van der Waals surface area contributed by atoms with Crippen molar-refractivity contribution in [2.45, 2.75) is 10.6 Å². The lowest BCUT2D eigenvalue weighted by atomic mass is 10.2. The quantitative estimate of drug-likeness (QED) is 0.525. The molecule has 5 heteroatoms. The fraction of sp³-hybridized carbons (Fsp3) is 0.0714. The summed E-state index contributed by atoms with van der Waals surface area (Å²) in [6, 6.07) is 13.7. The van der Waals surface area contributed by atoms with Crippen molar-refractivity contribution >= 4 is 56.3 Å². The number of benzene rings is 2. The van der Waals surface area contributed by atoms with Crippen LogP contribution in [-0.4, -0.2) is 11.1 Å². The standard InChI is InChI=1S/C14H10BrIO2S/c15-13-6-5-11(7-12(13)14(17)18)19-8-9-1-3-10(16)4-2-9/h1-7H,8H2,(H,17,18). The van der Waals surface area contributed by atoms with E-state index in [1.54, 1.807) is 23.9 Å². The van der Waals surface area contributed by atoms with Gasteiger partial charge in [-0.05, 0) is 74.4 Å². The molecule has 2 rings (SSSR count). The topological polar surface area (TPSA) is 37.3 Å². The first-order valence-corrected chi connectivity index (χ1v) is 8.32. The van der Waals surface area contributed by atoms with Crippen LogP contribution in [0.25, 0.3) is 0 Å². The molecular formula is C14H10BrIO2S. The van der Waals surface area contributed by atoms with Gasteiger partial charge in [-0.25, -0.2) is 4.79 Å². The van der Waals surface area contributed by atoms with Crippen LogP contribution in [0.3, 0.4) is 0 Å². The van der Waals surface area contributed by atoms with Gasteiger partial charge in [0.2, 0.25) is 0 Å². The second-order valence-electron chi connectivity index (χ2n) is 3.86. The Labute approximate surface area is 137 Å². The van der Waals surface area contributed by atoms with Gasteiger partial charge in [-0.3, -0.25) is 0 Å². The lowest BCUT2D eigenvalue weighted by Crippen LogP contribution is -1.97. The van der Waals surface area contributed by atoms with Gasteiger partial charge < -0.3 is 5.11 Å². The molecule has 0 heterocycles. The van der Waals surface area contributed by atoms with Crippen LogP contribution in [0.15, 0.2) is 51.8 Å². The number of rotatable bonds is 4. The smallest absolute Gasteiger partial charge is 0.336 e. The first-order valence-electron chi connectivity index (χ1n) is 5.46. The van der Waals surface area contributed by atoms with Gasteiger partial charge in [0.15, 0.2) is 0 Å². The summed E-state index contributed by atoms with van der Waals surface area (Å²) in [5, 5.41) is 9.07. The van der Waals surface area contributed by atoms with Crippen LogP contribution in [0.4, 0.5) is 0 Å². The molecule has 2 aromatic rings. The highest BCUT2D eigenvalue weighted by atomic mass is 127. The molecule has 0 radical (unpaired) electrons. The molecule has 2 aromatic carbocycles. The molecule has 0 spiro atoms. The second-order valence-corrected chi connectivity index (χ2v) is 7.01. The highest BCUT2D eigenvalue weighted by Crippen LogP contribution is 2.27. The molecular weight excluding hydrogens is 439 g/mol. The predicted molar refractivity (Wildman–Crippen MR) is 89.8 cm³/mol. The maximum Gasteiger partial charge on any atom is 0.336 e. The fourth-order valence-corrected chi connectivity index (χ4v) is 3.17. The van der Waals surface area contributed by atoms with E-state index in [1.165, 1.54) is 9.13 Å². The molecule has 98 valence electrons. The zero-order valence-corrected chi connectivity index (χ0v) is 14.3. The summed E-state index contributed by atoms with van der Waals surface area (Å²) in [5.74, 6) is -0.0824. The lowest BCUT2D eigenvalue weighted by molar-refractivity contribution is 0.0695. The Morgan fingerprint density at radius 2 is 1.89 bits per heavy atom. The fourth-order valence-electron chi connectivity index (χ4n) is 1.51. The van der Waals surface area contributed by atoms with Crippen LogP contribution in [0, 0.1) is 3.57 Å². The summed E-state index contributed by atoms with van der Waals surface area (Å²) in [6.07, 6.45) is 0. The molecule has 0 saturated carbocycles. The third kappa shape index (κ3) is 4.22. The number of carbonyl (C=O) groups is 1. The minimum Gasteiger partial charge on any atom is -0.478 e. The first-order chi connectivity index (χ1) is 9.06. The van der Waals surface area contributed by atoms with E-state index in [-0.39, 0.29) is 0 Å². The average Bonchev–Trinajstić information content (AvgIpc) is 2.39. The largest absolute Gasteiger partial charge is 0.478 e. The first kappa shape index (κ1) is 14.9. The van der Waals surface area contributed by atoms with E-state index in [4.69, 9.17) is 5.11 Å².